The first-order chi connectivity index (χ1) is 12.4. The Morgan fingerprint density at radius 3 is 2.46 bits per heavy atom. The predicted octanol–water partition coefficient (Wildman–Crippen LogP) is 3.15. The van der Waals surface area contributed by atoms with Gasteiger partial charge in [-0.1, -0.05) is 6.07 Å². The highest BCUT2D eigenvalue weighted by atomic mass is 32.2. The summed E-state index contributed by atoms with van der Waals surface area (Å²) >= 11 is 0. The molecule has 1 amide bonds. The van der Waals surface area contributed by atoms with Gasteiger partial charge in [0.2, 0.25) is 0 Å². The minimum absolute atomic E-state index is 0.0376. The molecule has 3 rings (SSSR count). The summed E-state index contributed by atoms with van der Waals surface area (Å²) in [5.74, 6) is -0.297. The molecule has 0 saturated heterocycles. The van der Waals surface area contributed by atoms with Crippen LogP contribution in [0.1, 0.15) is 16.1 Å². The van der Waals surface area contributed by atoms with E-state index >= 15 is 0 Å². The molecular formula is C18H15FN2O4S. The van der Waals surface area contributed by atoms with Crippen LogP contribution in [-0.2, 0) is 16.6 Å². The van der Waals surface area contributed by atoms with Crippen molar-refractivity contribution in [3.05, 3.63) is 84.1 Å². The highest BCUT2D eigenvalue weighted by Crippen LogP contribution is 2.17. The summed E-state index contributed by atoms with van der Waals surface area (Å²) in [5, 5.41) is 2.67. The van der Waals surface area contributed by atoms with Crippen molar-refractivity contribution in [3.63, 3.8) is 0 Å². The summed E-state index contributed by atoms with van der Waals surface area (Å²) in [6.07, 6.45) is 1.51. The molecule has 0 fully saturated rings. The van der Waals surface area contributed by atoms with E-state index in [1.165, 1.54) is 48.7 Å². The molecule has 8 heteroatoms. The summed E-state index contributed by atoms with van der Waals surface area (Å²) in [6, 6.07) is 14.0. The zero-order valence-electron chi connectivity index (χ0n) is 13.5. The van der Waals surface area contributed by atoms with Crippen molar-refractivity contribution in [1.29, 1.82) is 0 Å². The van der Waals surface area contributed by atoms with Gasteiger partial charge < -0.3 is 9.73 Å². The second-order valence-electron chi connectivity index (χ2n) is 5.40. The van der Waals surface area contributed by atoms with E-state index in [4.69, 9.17) is 4.42 Å². The van der Waals surface area contributed by atoms with E-state index in [0.29, 0.717) is 11.3 Å². The topological polar surface area (TPSA) is 88.4 Å². The smallest absolute Gasteiger partial charge is 0.261 e. The number of amides is 1. The molecule has 0 saturated carbocycles. The van der Waals surface area contributed by atoms with E-state index in [2.05, 4.69) is 10.0 Å². The molecule has 0 radical (unpaired) electrons. The van der Waals surface area contributed by atoms with E-state index in [0.717, 1.165) is 6.07 Å². The highest BCUT2D eigenvalue weighted by Gasteiger charge is 2.15. The van der Waals surface area contributed by atoms with Gasteiger partial charge in [-0.3, -0.25) is 9.52 Å². The van der Waals surface area contributed by atoms with Crippen LogP contribution in [0.4, 0.5) is 10.1 Å². The normalized spacial score (nSPS) is 11.1. The molecule has 2 aromatic carbocycles. The Morgan fingerprint density at radius 2 is 1.81 bits per heavy atom. The molecule has 2 N–H and O–H groups in total. The second-order valence-corrected chi connectivity index (χ2v) is 7.08. The molecule has 0 spiro atoms. The van der Waals surface area contributed by atoms with E-state index in [1.54, 1.807) is 12.1 Å². The van der Waals surface area contributed by atoms with Gasteiger partial charge in [0.1, 0.15) is 11.6 Å². The molecule has 6 nitrogen and oxygen atoms in total. The molecule has 0 aliphatic heterocycles. The van der Waals surface area contributed by atoms with Gasteiger partial charge in [0.15, 0.2) is 0 Å². The van der Waals surface area contributed by atoms with Gasteiger partial charge in [0.25, 0.3) is 15.9 Å². The van der Waals surface area contributed by atoms with Crippen molar-refractivity contribution in [2.24, 2.45) is 0 Å². The lowest BCUT2D eigenvalue weighted by Gasteiger charge is -2.09. The highest BCUT2D eigenvalue weighted by molar-refractivity contribution is 7.92. The van der Waals surface area contributed by atoms with Gasteiger partial charge in [-0.2, -0.15) is 0 Å². The predicted molar refractivity (Wildman–Crippen MR) is 93.5 cm³/mol. The van der Waals surface area contributed by atoms with Gasteiger partial charge in [-0.15, -0.1) is 0 Å². The van der Waals surface area contributed by atoms with Crippen LogP contribution in [0.15, 0.2) is 76.2 Å². The lowest BCUT2D eigenvalue weighted by molar-refractivity contribution is 0.0948. The zero-order valence-corrected chi connectivity index (χ0v) is 14.3. The third kappa shape index (κ3) is 4.28. The van der Waals surface area contributed by atoms with Gasteiger partial charge >= 0.3 is 0 Å². The number of anilines is 1. The number of hydrogen-bond acceptors (Lipinski definition) is 4. The largest absolute Gasteiger partial charge is 0.467 e. The van der Waals surface area contributed by atoms with E-state index < -0.39 is 15.8 Å². The van der Waals surface area contributed by atoms with Crippen LogP contribution in [0.5, 0.6) is 0 Å². The molecule has 134 valence electrons. The van der Waals surface area contributed by atoms with E-state index in [1.807, 2.05) is 0 Å². The van der Waals surface area contributed by atoms with Crippen molar-refractivity contribution in [1.82, 2.24) is 5.32 Å². The monoisotopic (exact) mass is 374 g/mol. The van der Waals surface area contributed by atoms with Gasteiger partial charge in [0.05, 0.1) is 23.4 Å². The van der Waals surface area contributed by atoms with Crippen LogP contribution >= 0.6 is 0 Å². The standard InChI is InChI=1S/C18H15FN2O4S/c19-14-3-1-4-15(11-14)21-26(23,24)17-8-6-13(7-9-17)18(22)20-12-16-5-2-10-25-16/h1-11,21H,12H2,(H,20,22). The van der Waals surface area contributed by atoms with Crippen molar-refractivity contribution < 1.29 is 22.0 Å². The molecule has 0 bridgehead atoms. The summed E-state index contributed by atoms with van der Waals surface area (Å²) in [4.78, 5) is 12.0. The summed E-state index contributed by atoms with van der Waals surface area (Å²) in [6.45, 7) is 0.229. The third-order valence-corrected chi connectivity index (χ3v) is 4.90. The Balaban J connectivity index is 1.68. The first-order valence-corrected chi connectivity index (χ1v) is 9.11. The fraction of sp³-hybridized carbons (Fsp3) is 0.0556. The van der Waals surface area contributed by atoms with Crippen LogP contribution in [0.3, 0.4) is 0 Å². The lowest BCUT2D eigenvalue weighted by Crippen LogP contribution is -2.22. The number of carbonyl (C=O) groups excluding carboxylic acids is 1. The number of furan rings is 1. The fourth-order valence-corrected chi connectivity index (χ4v) is 3.28. The summed E-state index contributed by atoms with van der Waals surface area (Å²) in [5.41, 5.74) is 0.423. The van der Waals surface area contributed by atoms with Crippen LogP contribution in [0.25, 0.3) is 0 Å². The molecule has 1 aromatic heterocycles. The second kappa shape index (κ2) is 7.40. The number of carbonyl (C=O) groups is 1. The Kier molecular flexibility index (Phi) is 5.04. The average molecular weight is 374 g/mol. The minimum Gasteiger partial charge on any atom is -0.467 e. The Hall–Kier alpha value is -3.13. The number of benzene rings is 2. The average Bonchev–Trinajstić information content (AvgIpc) is 3.13. The molecule has 0 aliphatic rings. The summed E-state index contributed by atoms with van der Waals surface area (Å²) < 4.78 is 45.2. The molecule has 26 heavy (non-hydrogen) atoms. The quantitative estimate of drug-likeness (QED) is 0.694. The molecular weight excluding hydrogens is 359 g/mol. The van der Waals surface area contributed by atoms with Gasteiger partial charge in [-0.05, 0) is 54.6 Å². The number of halogens is 1. The van der Waals surface area contributed by atoms with Crippen molar-refractivity contribution >= 4 is 21.6 Å². The maximum atomic E-state index is 13.2. The Bertz CT molecular complexity index is 1000. The third-order valence-electron chi connectivity index (χ3n) is 3.51. The van der Waals surface area contributed by atoms with Gasteiger partial charge in [-0.25, -0.2) is 12.8 Å². The minimum atomic E-state index is -3.88. The lowest BCUT2D eigenvalue weighted by atomic mass is 10.2. The van der Waals surface area contributed by atoms with Crippen LogP contribution < -0.4 is 10.0 Å². The van der Waals surface area contributed by atoms with E-state index in [9.17, 15) is 17.6 Å². The fourth-order valence-electron chi connectivity index (χ4n) is 2.23. The molecule has 0 unspecified atom stereocenters. The summed E-state index contributed by atoms with van der Waals surface area (Å²) in [7, 11) is -3.88. The maximum absolute atomic E-state index is 13.2. The van der Waals surface area contributed by atoms with Crippen LogP contribution in [0.2, 0.25) is 0 Å². The van der Waals surface area contributed by atoms with Crippen molar-refractivity contribution in [2.75, 3.05) is 4.72 Å². The molecule has 0 aliphatic carbocycles. The maximum Gasteiger partial charge on any atom is 0.261 e. The SMILES string of the molecule is O=C(NCc1ccco1)c1ccc(S(=O)(=O)Nc2cccc(F)c2)cc1. The first kappa shape index (κ1) is 17.7. The number of rotatable bonds is 6. The Labute approximate surface area is 149 Å². The first-order valence-electron chi connectivity index (χ1n) is 7.63. The van der Waals surface area contributed by atoms with Crippen molar-refractivity contribution in [3.8, 4) is 0 Å². The molecule has 0 atom stereocenters. The van der Waals surface area contributed by atoms with Crippen LogP contribution in [0, 0.1) is 5.82 Å². The van der Waals surface area contributed by atoms with Crippen LogP contribution in [-0.4, -0.2) is 14.3 Å². The Morgan fingerprint density at radius 1 is 1.04 bits per heavy atom. The number of hydrogen-bond donors (Lipinski definition) is 2. The van der Waals surface area contributed by atoms with Gasteiger partial charge in [0, 0.05) is 5.56 Å². The molecule has 1 heterocycles. The van der Waals surface area contributed by atoms with E-state index in [-0.39, 0.29) is 23.0 Å². The van der Waals surface area contributed by atoms with Crippen molar-refractivity contribution in [2.45, 2.75) is 11.4 Å². The zero-order chi connectivity index (χ0) is 18.6. The molecule has 3 aromatic rings. The number of sulfonamides is 1. The number of nitrogens with one attached hydrogen (secondary N) is 2.